The molecule has 0 aromatic heterocycles. The Bertz CT molecular complexity index is 444. The van der Waals surface area contributed by atoms with Crippen molar-refractivity contribution in [2.75, 3.05) is 11.9 Å². The van der Waals surface area contributed by atoms with Gasteiger partial charge in [0.1, 0.15) is 0 Å². The molecule has 0 fully saturated rings. The van der Waals surface area contributed by atoms with Gasteiger partial charge in [-0.3, -0.25) is 4.79 Å². The molecule has 19 heavy (non-hydrogen) atoms. The van der Waals surface area contributed by atoms with Crippen LogP contribution in [-0.2, 0) is 4.79 Å². The van der Waals surface area contributed by atoms with Crippen molar-refractivity contribution in [1.29, 1.82) is 0 Å². The van der Waals surface area contributed by atoms with Crippen molar-refractivity contribution >= 4 is 27.5 Å². The Kier molecular flexibility index (Phi) is 6.01. The van der Waals surface area contributed by atoms with Gasteiger partial charge in [0.05, 0.1) is 0 Å². The highest BCUT2D eigenvalue weighted by atomic mass is 79.9. The highest BCUT2D eigenvalue weighted by Crippen LogP contribution is 2.27. The second-order valence-electron chi connectivity index (χ2n) is 5.66. The number of nitrogens with one attached hydrogen (secondary N) is 1. The van der Waals surface area contributed by atoms with Gasteiger partial charge in [-0.25, -0.2) is 0 Å². The lowest BCUT2D eigenvalue weighted by molar-refractivity contribution is -0.116. The molecule has 0 unspecified atom stereocenters. The Morgan fingerprint density at radius 3 is 2.68 bits per heavy atom. The first-order valence-electron chi connectivity index (χ1n) is 6.61. The fourth-order valence-electron chi connectivity index (χ4n) is 1.92. The highest BCUT2D eigenvalue weighted by Gasteiger charge is 2.18. The minimum Gasteiger partial charge on any atom is -0.330 e. The van der Waals surface area contributed by atoms with E-state index in [2.05, 4.69) is 35.1 Å². The van der Waals surface area contributed by atoms with E-state index in [0.29, 0.717) is 13.0 Å². The summed E-state index contributed by atoms with van der Waals surface area (Å²) in [5.74, 6) is 0.0614. The second kappa shape index (κ2) is 7.06. The molecule has 0 bridgehead atoms. The topological polar surface area (TPSA) is 55.1 Å². The summed E-state index contributed by atoms with van der Waals surface area (Å²) >= 11 is 3.46. The highest BCUT2D eigenvalue weighted by molar-refractivity contribution is 9.10. The Hall–Kier alpha value is -0.870. The van der Waals surface area contributed by atoms with Crippen LogP contribution in [0.15, 0.2) is 22.7 Å². The van der Waals surface area contributed by atoms with Gasteiger partial charge in [0.2, 0.25) is 5.91 Å². The number of benzene rings is 1. The summed E-state index contributed by atoms with van der Waals surface area (Å²) < 4.78 is 1.01. The average molecular weight is 327 g/mol. The van der Waals surface area contributed by atoms with E-state index in [0.717, 1.165) is 28.6 Å². The monoisotopic (exact) mass is 326 g/mol. The average Bonchev–Trinajstić information content (AvgIpc) is 2.33. The smallest absolute Gasteiger partial charge is 0.224 e. The lowest BCUT2D eigenvalue weighted by atomic mass is 9.84. The van der Waals surface area contributed by atoms with Gasteiger partial charge < -0.3 is 11.1 Å². The van der Waals surface area contributed by atoms with Crippen molar-refractivity contribution in [2.45, 2.75) is 40.0 Å². The number of nitrogens with two attached hydrogens (primary N) is 1. The van der Waals surface area contributed by atoms with Gasteiger partial charge in [0.25, 0.3) is 0 Å². The summed E-state index contributed by atoms with van der Waals surface area (Å²) in [6.45, 7) is 6.95. The third kappa shape index (κ3) is 5.33. The first-order valence-corrected chi connectivity index (χ1v) is 7.40. The van der Waals surface area contributed by atoms with Crippen molar-refractivity contribution < 1.29 is 4.79 Å². The molecular formula is C15H23BrN2O. The van der Waals surface area contributed by atoms with Crippen LogP contribution in [0.2, 0.25) is 0 Å². The fraction of sp³-hybridized carbons (Fsp3) is 0.533. The largest absolute Gasteiger partial charge is 0.330 e. The number of hydrogen-bond donors (Lipinski definition) is 2. The molecule has 3 N–H and O–H groups in total. The molecular weight excluding hydrogens is 304 g/mol. The second-order valence-corrected chi connectivity index (χ2v) is 6.52. The number of carbonyl (C=O) groups excluding carboxylic acids is 1. The lowest BCUT2D eigenvalue weighted by Gasteiger charge is -2.23. The molecule has 0 aliphatic heterocycles. The molecule has 106 valence electrons. The van der Waals surface area contributed by atoms with Crippen LogP contribution in [0.5, 0.6) is 0 Å². The normalized spacial score (nSPS) is 11.4. The molecule has 0 aliphatic rings. The third-order valence-electron chi connectivity index (χ3n) is 3.39. The summed E-state index contributed by atoms with van der Waals surface area (Å²) in [6.07, 6.45) is 2.32. The van der Waals surface area contributed by atoms with Gasteiger partial charge in [-0.15, -0.1) is 0 Å². The SMILES string of the molecule is Cc1c(Br)cccc1NC(=O)CCC(C)(C)CCN. The summed E-state index contributed by atoms with van der Waals surface area (Å²) in [5.41, 5.74) is 7.62. The quantitative estimate of drug-likeness (QED) is 0.834. The number of anilines is 1. The maximum Gasteiger partial charge on any atom is 0.224 e. The van der Waals surface area contributed by atoms with Gasteiger partial charge in [-0.05, 0) is 49.4 Å². The molecule has 3 nitrogen and oxygen atoms in total. The number of rotatable bonds is 6. The van der Waals surface area contributed by atoms with Crippen molar-refractivity contribution in [3.05, 3.63) is 28.2 Å². The van der Waals surface area contributed by atoms with Crippen LogP contribution in [0.25, 0.3) is 0 Å². The summed E-state index contributed by atoms with van der Waals surface area (Å²) in [4.78, 5) is 12.0. The van der Waals surface area contributed by atoms with Gasteiger partial charge in [-0.2, -0.15) is 0 Å². The maximum absolute atomic E-state index is 12.0. The van der Waals surface area contributed by atoms with E-state index in [1.54, 1.807) is 0 Å². The van der Waals surface area contributed by atoms with Crippen molar-refractivity contribution in [1.82, 2.24) is 0 Å². The summed E-state index contributed by atoms with van der Waals surface area (Å²) in [7, 11) is 0. The Morgan fingerprint density at radius 2 is 2.05 bits per heavy atom. The van der Waals surface area contributed by atoms with E-state index >= 15 is 0 Å². The molecule has 0 radical (unpaired) electrons. The summed E-state index contributed by atoms with van der Waals surface area (Å²) in [5, 5.41) is 2.97. The van der Waals surface area contributed by atoms with Gasteiger partial charge in [-0.1, -0.05) is 35.8 Å². The Labute approximate surface area is 124 Å². The number of halogens is 1. The lowest BCUT2D eigenvalue weighted by Crippen LogP contribution is -2.20. The van der Waals surface area contributed by atoms with Crippen molar-refractivity contribution in [2.24, 2.45) is 11.1 Å². The zero-order valence-electron chi connectivity index (χ0n) is 11.9. The van der Waals surface area contributed by atoms with Crippen molar-refractivity contribution in [3.8, 4) is 0 Å². The summed E-state index contributed by atoms with van der Waals surface area (Å²) in [6, 6.07) is 5.81. The first-order chi connectivity index (χ1) is 8.85. The van der Waals surface area contributed by atoms with Crippen LogP contribution < -0.4 is 11.1 Å². The molecule has 0 spiro atoms. The minimum absolute atomic E-state index is 0.0614. The molecule has 1 rings (SSSR count). The first kappa shape index (κ1) is 16.2. The molecule has 4 heteroatoms. The van der Waals surface area contributed by atoms with Crippen LogP contribution in [0.1, 0.15) is 38.7 Å². The van der Waals surface area contributed by atoms with E-state index in [9.17, 15) is 4.79 Å². The third-order valence-corrected chi connectivity index (χ3v) is 4.25. The Morgan fingerprint density at radius 1 is 1.37 bits per heavy atom. The van der Waals surface area contributed by atoms with E-state index in [1.807, 2.05) is 25.1 Å². The minimum atomic E-state index is 0.0614. The number of amides is 1. The van der Waals surface area contributed by atoms with Crippen LogP contribution in [0.4, 0.5) is 5.69 Å². The fourth-order valence-corrected chi connectivity index (χ4v) is 2.29. The molecule has 0 saturated heterocycles. The van der Waals surface area contributed by atoms with Gasteiger partial charge in [0, 0.05) is 16.6 Å². The van der Waals surface area contributed by atoms with Crippen LogP contribution in [0.3, 0.4) is 0 Å². The number of carbonyl (C=O) groups is 1. The standard InChI is InChI=1S/C15H23BrN2O/c1-11-12(16)5-4-6-13(11)18-14(19)7-8-15(2,3)9-10-17/h4-6H,7-10,17H2,1-3H3,(H,18,19). The van der Waals surface area contributed by atoms with Gasteiger partial charge in [0.15, 0.2) is 0 Å². The molecule has 0 aliphatic carbocycles. The van der Waals surface area contributed by atoms with Crippen LogP contribution in [0, 0.1) is 12.3 Å². The van der Waals surface area contributed by atoms with Gasteiger partial charge >= 0.3 is 0 Å². The predicted molar refractivity (Wildman–Crippen MR) is 84.2 cm³/mol. The van der Waals surface area contributed by atoms with E-state index in [1.165, 1.54) is 0 Å². The van der Waals surface area contributed by atoms with Crippen LogP contribution >= 0.6 is 15.9 Å². The number of hydrogen-bond acceptors (Lipinski definition) is 2. The zero-order valence-corrected chi connectivity index (χ0v) is 13.5. The molecule has 0 atom stereocenters. The molecule has 1 aromatic rings. The molecule has 0 heterocycles. The van der Waals surface area contributed by atoms with E-state index in [4.69, 9.17) is 5.73 Å². The van der Waals surface area contributed by atoms with Crippen molar-refractivity contribution in [3.63, 3.8) is 0 Å². The van der Waals surface area contributed by atoms with Crippen LogP contribution in [-0.4, -0.2) is 12.5 Å². The Balaban J connectivity index is 2.54. The molecule has 0 saturated carbocycles. The maximum atomic E-state index is 12.0. The predicted octanol–water partition coefficient (Wildman–Crippen LogP) is 3.85. The van der Waals surface area contributed by atoms with E-state index in [-0.39, 0.29) is 11.3 Å². The van der Waals surface area contributed by atoms with E-state index < -0.39 is 0 Å². The molecule has 1 aromatic carbocycles. The zero-order chi connectivity index (χ0) is 14.5. The molecule has 1 amide bonds.